The molecule has 4 heteroatoms. The van der Waals surface area contributed by atoms with Crippen LogP contribution < -0.4 is 0 Å². The van der Waals surface area contributed by atoms with E-state index in [0.717, 1.165) is 43.8 Å². The van der Waals surface area contributed by atoms with Gasteiger partial charge in [0.25, 0.3) is 0 Å². The fourth-order valence-electron chi connectivity index (χ4n) is 7.92. The van der Waals surface area contributed by atoms with Gasteiger partial charge in [-0.25, -0.2) is 0 Å². The zero-order chi connectivity index (χ0) is 19.8. The molecular weight excluding hydrogens is 364 g/mol. The van der Waals surface area contributed by atoms with Crippen molar-refractivity contribution in [1.82, 2.24) is 0 Å². The van der Waals surface area contributed by atoms with Gasteiger partial charge in [-0.05, 0) is 86.7 Å². The third kappa shape index (κ3) is 2.92. The van der Waals surface area contributed by atoms with E-state index in [4.69, 9.17) is 13.9 Å². The molecular formula is C24H40O3Si. The summed E-state index contributed by atoms with van der Waals surface area (Å²) >= 11 is 0. The van der Waals surface area contributed by atoms with Crippen LogP contribution in [0, 0.1) is 28.6 Å². The third-order valence-electron chi connectivity index (χ3n) is 9.33. The molecule has 6 unspecified atom stereocenters. The summed E-state index contributed by atoms with van der Waals surface area (Å²) in [5.41, 5.74) is 2.41. The number of fused-ring (bicyclic) bond motifs is 5. The molecule has 0 bridgehead atoms. The van der Waals surface area contributed by atoms with Gasteiger partial charge in [0, 0.05) is 12.8 Å². The van der Waals surface area contributed by atoms with Gasteiger partial charge in [0.15, 0.2) is 14.1 Å². The van der Waals surface area contributed by atoms with E-state index in [2.05, 4.69) is 39.6 Å². The number of allylic oxidation sites excluding steroid dienone is 1. The maximum Gasteiger partial charge on any atom is 0.184 e. The summed E-state index contributed by atoms with van der Waals surface area (Å²) in [6.07, 6.45) is 13.1. The van der Waals surface area contributed by atoms with Crippen LogP contribution in [-0.4, -0.2) is 33.4 Å². The molecule has 4 fully saturated rings. The highest BCUT2D eigenvalue weighted by atomic mass is 28.4. The second-order valence-corrected chi connectivity index (χ2v) is 16.3. The van der Waals surface area contributed by atoms with Crippen LogP contribution in [0.15, 0.2) is 11.6 Å². The van der Waals surface area contributed by atoms with Crippen LogP contribution in [0.3, 0.4) is 0 Å². The minimum Gasteiger partial charge on any atom is -0.414 e. The van der Waals surface area contributed by atoms with Gasteiger partial charge in [-0.2, -0.15) is 0 Å². The number of rotatable bonds is 2. The predicted octanol–water partition coefficient (Wildman–Crippen LogP) is 5.91. The normalized spacial score (nSPS) is 47.4. The lowest BCUT2D eigenvalue weighted by atomic mass is 9.47. The van der Waals surface area contributed by atoms with Crippen LogP contribution in [0.5, 0.6) is 0 Å². The van der Waals surface area contributed by atoms with Gasteiger partial charge in [-0.1, -0.05) is 25.5 Å². The summed E-state index contributed by atoms with van der Waals surface area (Å²) in [5, 5.41) is 0. The number of ether oxygens (including phenoxy) is 2. The summed E-state index contributed by atoms with van der Waals surface area (Å²) in [5.74, 6) is 2.25. The smallest absolute Gasteiger partial charge is 0.184 e. The Labute approximate surface area is 172 Å². The van der Waals surface area contributed by atoms with Crippen molar-refractivity contribution >= 4 is 8.32 Å². The van der Waals surface area contributed by atoms with E-state index in [9.17, 15) is 0 Å². The summed E-state index contributed by atoms with van der Waals surface area (Å²) in [7, 11) is -1.49. The summed E-state index contributed by atoms with van der Waals surface area (Å²) in [6.45, 7) is 13.8. The SMILES string of the molecule is CC12CCC3(CC1=CCC1C2CCC2(C)C(O[Si](C)(C)C)CCC12)OCCO3. The van der Waals surface area contributed by atoms with Crippen LogP contribution in [-0.2, 0) is 13.9 Å². The maximum atomic E-state index is 6.74. The Morgan fingerprint density at radius 2 is 1.71 bits per heavy atom. The van der Waals surface area contributed by atoms with E-state index < -0.39 is 8.32 Å². The zero-order valence-corrected chi connectivity index (χ0v) is 19.7. The van der Waals surface area contributed by atoms with Gasteiger partial charge < -0.3 is 13.9 Å². The second-order valence-electron chi connectivity index (χ2n) is 11.9. The molecule has 6 atom stereocenters. The fourth-order valence-corrected chi connectivity index (χ4v) is 9.16. The molecule has 0 radical (unpaired) electrons. The molecule has 0 aromatic rings. The minimum atomic E-state index is -1.49. The lowest BCUT2D eigenvalue weighted by Gasteiger charge is -2.59. The molecule has 1 spiro atoms. The molecule has 158 valence electrons. The Morgan fingerprint density at radius 1 is 0.964 bits per heavy atom. The maximum absolute atomic E-state index is 6.74. The quantitative estimate of drug-likeness (QED) is 0.423. The van der Waals surface area contributed by atoms with Gasteiger partial charge in [0.1, 0.15) is 0 Å². The average Bonchev–Trinajstić information content (AvgIpc) is 3.20. The van der Waals surface area contributed by atoms with Crippen LogP contribution in [0.2, 0.25) is 19.6 Å². The molecule has 4 aliphatic carbocycles. The average molecular weight is 405 g/mol. The lowest BCUT2D eigenvalue weighted by Crippen LogP contribution is -2.53. The van der Waals surface area contributed by atoms with Crippen molar-refractivity contribution in [2.45, 2.75) is 96.7 Å². The van der Waals surface area contributed by atoms with Crippen molar-refractivity contribution in [3.63, 3.8) is 0 Å². The molecule has 3 nitrogen and oxygen atoms in total. The first-order chi connectivity index (χ1) is 13.2. The van der Waals surface area contributed by atoms with Crippen LogP contribution in [0.4, 0.5) is 0 Å². The van der Waals surface area contributed by atoms with E-state index in [1.165, 1.54) is 38.5 Å². The summed E-state index contributed by atoms with van der Waals surface area (Å²) < 4.78 is 18.9. The molecule has 5 aliphatic rings. The molecule has 0 amide bonds. The van der Waals surface area contributed by atoms with E-state index in [0.29, 0.717) is 16.9 Å². The fraction of sp³-hybridized carbons (Fsp3) is 0.917. The van der Waals surface area contributed by atoms with Gasteiger partial charge in [0.2, 0.25) is 0 Å². The summed E-state index contributed by atoms with van der Waals surface area (Å²) in [4.78, 5) is 0. The first-order valence-corrected chi connectivity index (χ1v) is 15.2. The van der Waals surface area contributed by atoms with Crippen molar-refractivity contribution in [2.75, 3.05) is 13.2 Å². The van der Waals surface area contributed by atoms with Crippen LogP contribution in [0.1, 0.15) is 65.2 Å². The summed E-state index contributed by atoms with van der Waals surface area (Å²) in [6, 6.07) is 0. The first-order valence-electron chi connectivity index (χ1n) is 11.8. The first kappa shape index (κ1) is 19.8. The molecule has 1 aliphatic heterocycles. The largest absolute Gasteiger partial charge is 0.414 e. The monoisotopic (exact) mass is 404 g/mol. The second kappa shape index (κ2) is 6.42. The van der Waals surface area contributed by atoms with Crippen LogP contribution >= 0.6 is 0 Å². The van der Waals surface area contributed by atoms with E-state index >= 15 is 0 Å². The molecule has 28 heavy (non-hydrogen) atoms. The van der Waals surface area contributed by atoms with Crippen LogP contribution in [0.25, 0.3) is 0 Å². The van der Waals surface area contributed by atoms with Gasteiger partial charge in [0.05, 0.1) is 19.3 Å². The Balaban J connectivity index is 1.40. The highest BCUT2D eigenvalue weighted by Crippen LogP contribution is 2.66. The molecule has 5 rings (SSSR count). The Kier molecular flexibility index (Phi) is 4.53. The molecule has 1 heterocycles. The molecule has 1 saturated heterocycles. The minimum absolute atomic E-state index is 0.287. The zero-order valence-electron chi connectivity index (χ0n) is 18.7. The highest BCUT2D eigenvalue weighted by Gasteiger charge is 2.60. The van der Waals surface area contributed by atoms with Gasteiger partial charge >= 0.3 is 0 Å². The molecule has 0 aromatic carbocycles. The third-order valence-corrected chi connectivity index (χ3v) is 10.3. The van der Waals surface area contributed by atoms with Crippen molar-refractivity contribution in [1.29, 1.82) is 0 Å². The number of hydrogen-bond donors (Lipinski definition) is 0. The Bertz CT molecular complexity index is 661. The molecule has 3 saturated carbocycles. The van der Waals surface area contributed by atoms with Gasteiger partial charge in [-0.3, -0.25) is 0 Å². The van der Waals surface area contributed by atoms with Crippen molar-refractivity contribution in [2.24, 2.45) is 28.6 Å². The van der Waals surface area contributed by atoms with E-state index in [1.807, 2.05) is 0 Å². The predicted molar refractivity (Wildman–Crippen MR) is 115 cm³/mol. The highest BCUT2D eigenvalue weighted by molar-refractivity contribution is 6.69. The molecule has 0 N–H and O–H groups in total. The van der Waals surface area contributed by atoms with Crippen molar-refractivity contribution in [3.8, 4) is 0 Å². The van der Waals surface area contributed by atoms with Crippen molar-refractivity contribution in [3.05, 3.63) is 11.6 Å². The standard InChI is InChI=1S/C24H40O3Si/c1-22-12-13-24(25-14-15-26-24)16-17(22)6-7-18-19-8-9-21(27-28(3,4)5)23(19,2)11-10-20(18)22/h6,18-21H,7-16H2,1-5H3. The van der Waals surface area contributed by atoms with Crippen molar-refractivity contribution < 1.29 is 13.9 Å². The topological polar surface area (TPSA) is 27.7 Å². The van der Waals surface area contributed by atoms with Gasteiger partial charge in [-0.15, -0.1) is 0 Å². The molecule has 0 aromatic heterocycles. The Morgan fingerprint density at radius 3 is 2.43 bits per heavy atom. The Hall–Kier alpha value is -0.163. The van der Waals surface area contributed by atoms with E-state index in [-0.39, 0.29) is 5.79 Å². The van der Waals surface area contributed by atoms with E-state index in [1.54, 1.807) is 5.57 Å². The number of hydrogen-bond acceptors (Lipinski definition) is 3. The lowest BCUT2D eigenvalue weighted by molar-refractivity contribution is -0.185.